The number of aliphatic hydroxyl groups is 1. The molecule has 0 saturated heterocycles. The van der Waals surface area contributed by atoms with E-state index in [4.69, 9.17) is 26.3 Å². The molecule has 0 amide bonds. The maximum atomic E-state index is 10.3. The summed E-state index contributed by atoms with van der Waals surface area (Å²) in [7, 11) is 1.65. The van der Waals surface area contributed by atoms with E-state index in [9.17, 15) is 5.11 Å². The highest BCUT2D eigenvalue weighted by Gasteiger charge is 2.13. The summed E-state index contributed by atoms with van der Waals surface area (Å²) in [5.74, 6) is 1.28. The molecule has 0 unspecified atom stereocenters. The Bertz CT molecular complexity index is 982. The summed E-state index contributed by atoms with van der Waals surface area (Å²) < 4.78 is 12.8. The standard InChI is InChI=1S/C21H23ClN4O3/c1-28-11-10-26-20-12-16(22)4-7-19(20)25-21(26)24-13-17(27)14-29-18-5-2-15(3-6-18)8-9-23/h2-7,12,17,27H,8,10-11,13-14H2,1H3,(H,24,25)/t17-/m0/s1. The van der Waals surface area contributed by atoms with Gasteiger partial charge in [0.15, 0.2) is 0 Å². The summed E-state index contributed by atoms with van der Waals surface area (Å²) in [5.41, 5.74) is 2.65. The first-order valence-corrected chi connectivity index (χ1v) is 9.64. The molecule has 0 bridgehead atoms. The first-order valence-electron chi connectivity index (χ1n) is 9.26. The number of methoxy groups -OCH3 is 1. The number of halogens is 1. The van der Waals surface area contributed by atoms with Gasteiger partial charge < -0.3 is 24.5 Å². The van der Waals surface area contributed by atoms with Crippen molar-refractivity contribution in [1.29, 1.82) is 5.26 Å². The van der Waals surface area contributed by atoms with Gasteiger partial charge >= 0.3 is 0 Å². The second kappa shape index (κ2) is 10.1. The van der Waals surface area contributed by atoms with Gasteiger partial charge in [-0.05, 0) is 35.9 Å². The van der Waals surface area contributed by atoms with Crippen LogP contribution >= 0.6 is 11.6 Å². The molecular formula is C21H23ClN4O3. The average Bonchev–Trinajstić information content (AvgIpc) is 3.07. The molecule has 2 N–H and O–H groups in total. The number of rotatable bonds is 10. The first kappa shape index (κ1) is 20.9. The Hall–Kier alpha value is -2.79. The fourth-order valence-electron chi connectivity index (χ4n) is 2.90. The molecule has 1 heterocycles. The lowest BCUT2D eigenvalue weighted by Crippen LogP contribution is -2.27. The van der Waals surface area contributed by atoms with E-state index in [-0.39, 0.29) is 13.2 Å². The van der Waals surface area contributed by atoms with Crippen molar-refractivity contribution in [3.63, 3.8) is 0 Å². The maximum Gasteiger partial charge on any atom is 0.204 e. The molecule has 0 fully saturated rings. The largest absolute Gasteiger partial charge is 0.491 e. The highest BCUT2D eigenvalue weighted by atomic mass is 35.5. The Morgan fingerprint density at radius 2 is 2.07 bits per heavy atom. The van der Waals surface area contributed by atoms with Crippen molar-refractivity contribution in [1.82, 2.24) is 9.55 Å². The molecule has 1 atom stereocenters. The number of aliphatic hydroxyl groups excluding tert-OH is 1. The zero-order valence-corrected chi connectivity index (χ0v) is 16.9. The van der Waals surface area contributed by atoms with Crippen LogP contribution in [0.3, 0.4) is 0 Å². The van der Waals surface area contributed by atoms with Crippen LogP contribution in [0.1, 0.15) is 5.56 Å². The molecule has 0 saturated carbocycles. The Morgan fingerprint density at radius 3 is 2.79 bits per heavy atom. The third kappa shape index (κ3) is 5.61. The predicted octanol–water partition coefficient (Wildman–Crippen LogP) is 3.25. The second-order valence-corrected chi connectivity index (χ2v) is 6.97. The van der Waals surface area contributed by atoms with E-state index in [1.807, 2.05) is 28.8 Å². The van der Waals surface area contributed by atoms with Crippen molar-refractivity contribution < 1.29 is 14.6 Å². The molecule has 0 aliphatic heterocycles. The fraction of sp³-hybridized carbons (Fsp3) is 0.333. The molecule has 29 heavy (non-hydrogen) atoms. The minimum Gasteiger partial charge on any atom is -0.491 e. The fourth-order valence-corrected chi connectivity index (χ4v) is 3.06. The van der Waals surface area contributed by atoms with E-state index in [0.717, 1.165) is 16.6 Å². The summed E-state index contributed by atoms with van der Waals surface area (Å²) in [6, 6.07) is 14.9. The molecule has 2 aromatic carbocycles. The molecule has 0 aliphatic carbocycles. The molecule has 3 rings (SSSR count). The Morgan fingerprint density at radius 1 is 1.28 bits per heavy atom. The number of anilines is 1. The topological polar surface area (TPSA) is 92.3 Å². The predicted molar refractivity (Wildman–Crippen MR) is 112 cm³/mol. The minimum absolute atomic E-state index is 0.134. The molecule has 0 spiro atoms. The lowest BCUT2D eigenvalue weighted by Gasteiger charge is -2.15. The van der Waals surface area contributed by atoms with Crippen LogP contribution in [0.5, 0.6) is 5.75 Å². The van der Waals surface area contributed by atoms with Gasteiger partial charge in [-0.1, -0.05) is 23.7 Å². The second-order valence-electron chi connectivity index (χ2n) is 6.54. The van der Waals surface area contributed by atoms with Crippen molar-refractivity contribution in [3.8, 4) is 11.8 Å². The number of benzene rings is 2. The van der Waals surface area contributed by atoms with Gasteiger partial charge in [0.25, 0.3) is 0 Å². The summed E-state index contributed by atoms with van der Waals surface area (Å²) in [5, 5.41) is 22.8. The number of nitrogens with one attached hydrogen (secondary N) is 1. The van der Waals surface area contributed by atoms with Gasteiger partial charge in [-0.15, -0.1) is 0 Å². The van der Waals surface area contributed by atoms with Crippen LogP contribution in [0.15, 0.2) is 42.5 Å². The molecule has 1 aromatic heterocycles. The number of ether oxygens (including phenoxy) is 2. The van der Waals surface area contributed by atoms with Crippen LogP contribution in [-0.2, 0) is 17.7 Å². The Balaban J connectivity index is 1.59. The monoisotopic (exact) mass is 414 g/mol. The SMILES string of the molecule is COCCn1c(NC[C@H](O)COc2ccc(CC#N)cc2)nc2ccc(Cl)cc21. The van der Waals surface area contributed by atoms with Gasteiger partial charge in [0.1, 0.15) is 18.5 Å². The van der Waals surface area contributed by atoms with Gasteiger partial charge in [0, 0.05) is 25.2 Å². The number of nitriles is 1. The van der Waals surface area contributed by atoms with Gasteiger partial charge in [-0.25, -0.2) is 4.98 Å². The van der Waals surface area contributed by atoms with E-state index >= 15 is 0 Å². The lowest BCUT2D eigenvalue weighted by atomic mass is 10.2. The average molecular weight is 415 g/mol. The van der Waals surface area contributed by atoms with Crippen molar-refractivity contribution in [2.75, 3.05) is 32.2 Å². The zero-order valence-electron chi connectivity index (χ0n) is 16.1. The number of nitrogens with zero attached hydrogens (tertiary/aromatic N) is 3. The van der Waals surface area contributed by atoms with Crippen LogP contribution in [0.2, 0.25) is 5.02 Å². The van der Waals surface area contributed by atoms with Crippen LogP contribution in [0.4, 0.5) is 5.95 Å². The maximum absolute atomic E-state index is 10.3. The van der Waals surface area contributed by atoms with Crippen LogP contribution in [-0.4, -0.2) is 47.6 Å². The van der Waals surface area contributed by atoms with E-state index < -0.39 is 6.10 Å². The molecule has 0 aliphatic rings. The smallest absolute Gasteiger partial charge is 0.204 e. The molecular weight excluding hydrogens is 392 g/mol. The number of imidazole rings is 1. The molecule has 152 valence electrons. The third-order valence-electron chi connectivity index (χ3n) is 4.37. The van der Waals surface area contributed by atoms with Crippen LogP contribution in [0.25, 0.3) is 11.0 Å². The van der Waals surface area contributed by atoms with Crippen molar-refractivity contribution in [2.24, 2.45) is 0 Å². The summed E-state index contributed by atoms with van der Waals surface area (Å²) in [6.07, 6.45) is -0.365. The number of aromatic nitrogens is 2. The first-order chi connectivity index (χ1) is 14.1. The van der Waals surface area contributed by atoms with Gasteiger partial charge in [-0.3, -0.25) is 0 Å². The lowest BCUT2D eigenvalue weighted by molar-refractivity contribution is 0.117. The highest BCUT2D eigenvalue weighted by Crippen LogP contribution is 2.23. The van der Waals surface area contributed by atoms with E-state index in [1.165, 1.54) is 0 Å². The van der Waals surface area contributed by atoms with Crippen LogP contribution < -0.4 is 10.1 Å². The molecule has 3 aromatic rings. The van der Waals surface area contributed by atoms with Gasteiger partial charge in [-0.2, -0.15) is 5.26 Å². The van der Waals surface area contributed by atoms with E-state index in [0.29, 0.717) is 36.3 Å². The van der Waals surface area contributed by atoms with Gasteiger partial charge in [0.2, 0.25) is 5.95 Å². The summed E-state index contributed by atoms with van der Waals surface area (Å²) in [4.78, 5) is 4.58. The number of fused-ring (bicyclic) bond motifs is 1. The van der Waals surface area contributed by atoms with Crippen molar-refractivity contribution in [3.05, 3.63) is 53.1 Å². The number of hydrogen-bond acceptors (Lipinski definition) is 6. The summed E-state index contributed by atoms with van der Waals surface area (Å²) in [6.45, 7) is 1.54. The highest BCUT2D eigenvalue weighted by molar-refractivity contribution is 6.31. The van der Waals surface area contributed by atoms with E-state index in [1.54, 1.807) is 25.3 Å². The Labute approximate surface area is 174 Å². The molecule has 8 heteroatoms. The third-order valence-corrected chi connectivity index (χ3v) is 4.61. The quantitative estimate of drug-likeness (QED) is 0.529. The number of hydrogen-bond donors (Lipinski definition) is 2. The van der Waals surface area contributed by atoms with Gasteiger partial charge in [0.05, 0.1) is 30.1 Å². The van der Waals surface area contributed by atoms with Crippen LogP contribution in [0, 0.1) is 11.3 Å². The zero-order chi connectivity index (χ0) is 20.6. The Kier molecular flexibility index (Phi) is 7.30. The molecule has 0 radical (unpaired) electrons. The van der Waals surface area contributed by atoms with Crippen molar-refractivity contribution >= 4 is 28.6 Å². The minimum atomic E-state index is -0.729. The van der Waals surface area contributed by atoms with E-state index in [2.05, 4.69) is 16.4 Å². The van der Waals surface area contributed by atoms with Crippen molar-refractivity contribution in [2.45, 2.75) is 19.1 Å². The summed E-state index contributed by atoms with van der Waals surface area (Å²) >= 11 is 6.12. The molecule has 7 nitrogen and oxygen atoms in total. The normalized spacial score (nSPS) is 11.9.